The molecule has 148 valence electrons. The quantitative estimate of drug-likeness (QED) is 0.392. The van der Waals surface area contributed by atoms with Gasteiger partial charge in [-0.15, -0.1) is 16.8 Å². The number of rotatable bonds is 9. The normalized spacial score (nSPS) is 10.5. The van der Waals surface area contributed by atoms with E-state index in [0.29, 0.717) is 24.1 Å². The fourth-order valence-electron chi connectivity index (χ4n) is 2.88. The minimum absolute atomic E-state index is 0.0920. The highest BCUT2D eigenvalue weighted by Crippen LogP contribution is 2.27. The third-order valence-corrected chi connectivity index (χ3v) is 5.22. The molecule has 0 radical (unpaired) electrons. The summed E-state index contributed by atoms with van der Waals surface area (Å²) in [6, 6.07) is 13.3. The number of thioether (sulfide) groups is 1. The van der Waals surface area contributed by atoms with E-state index >= 15 is 0 Å². The van der Waals surface area contributed by atoms with Crippen molar-refractivity contribution in [3.63, 3.8) is 0 Å². The first-order chi connectivity index (χ1) is 14.2. The second kappa shape index (κ2) is 9.75. The van der Waals surface area contributed by atoms with E-state index in [1.807, 2.05) is 47.9 Å². The van der Waals surface area contributed by atoms with Crippen molar-refractivity contribution in [3.05, 3.63) is 61.1 Å². The molecule has 0 aliphatic heterocycles. The molecule has 0 aliphatic rings. The Balaban J connectivity index is 1.78. The average molecular weight is 407 g/mol. The molecule has 2 aromatic heterocycles. The maximum atomic E-state index is 12.9. The van der Waals surface area contributed by atoms with Crippen LogP contribution in [0.2, 0.25) is 0 Å². The van der Waals surface area contributed by atoms with Crippen molar-refractivity contribution >= 4 is 23.4 Å². The van der Waals surface area contributed by atoms with Crippen LogP contribution >= 0.6 is 11.8 Å². The third-order valence-electron chi connectivity index (χ3n) is 4.27. The van der Waals surface area contributed by atoms with Gasteiger partial charge in [-0.2, -0.15) is 5.26 Å². The summed E-state index contributed by atoms with van der Waals surface area (Å²) in [7, 11) is 0. The lowest BCUT2D eigenvalue weighted by atomic mass is 10.2. The highest BCUT2D eigenvalue weighted by atomic mass is 32.2. The molecule has 7 nitrogen and oxygen atoms in total. The summed E-state index contributed by atoms with van der Waals surface area (Å²) in [5.74, 6) is 1.52. The van der Waals surface area contributed by atoms with Crippen LogP contribution in [0, 0.1) is 18.3 Å². The van der Waals surface area contributed by atoms with Crippen LogP contribution in [0.1, 0.15) is 12.2 Å². The first-order valence-electron chi connectivity index (χ1n) is 9.09. The average Bonchev–Trinajstić information content (AvgIpc) is 3.33. The van der Waals surface area contributed by atoms with Gasteiger partial charge in [-0.1, -0.05) is 36.0 Å². The van der Waals surface area contributed by atoms with E-state index in [4.69, 9.17) is 9.68 Å². The van der Waals surface area contributed by atoms with Crippen LogP contribution in [0.25, 0.3) is 11.4 Å². The molecule has 3 aromatic rings. The van der Waals surface area contributed by atoms with Gasteiger partial charge in [-0.05, 0) is 25.1 Å². The molecule has 1 amide bonds. The second-order valence-corrected chi connectivity index (χ2v) is 7.12. The Labute approximate surface area is 173 Å². The summed E-state index contributed by atoms with van der Waals surface area (Å²) < 4.78 is 7.28. The number of benzene rings is 1. The molecule has 0 saturated heterocycles. The number of hydrogen-bond acceptors (Lipinski definition) is 6. The van der Waals surface area contributed by atoms with Gasteiger partial charge in [0.2, 0.25) is 5.91 Å². The Hall–Kier alpha value is -3.31. The molecule has 0 aliphatic carbocycles. The second-order valence-electron chi connectivity index (χ2n) is 6.17. The Morgan fingerprint density at radius 2 is 2.14 bits per heavy atom. The van der Waals surface area contributed by atoms with E-state index in [1.165, 1.54) is 11.8 Å². The van der Waals surface area contributed by atoms with E-state index in [0.717, 1.165) is 17.0 Å². The van der Waals surface area contributed by atoms with Gasteiger partial charge in [0.15, 0.2) is 11.0 Å². The highest BCUT2D eigenvalue weighted by Gasteiger charge is 2.20. The Kier molecular flexibility index (Phi) is 6.87. The molecule has 29 heavy (non-hydrogen) atoms. The molecular formula is C21H21N5O2S. The van der Waals surface area contributed by atoms with Gasteiger partial charge in [-0.25, -0.2) is 0 Å². The minimum atomic E-state index is -0.0920. The van der Waals surface area contributed by atoms with Crippen LogP contribution in [-0.2, 0) is 11.3 Å². The molecule has 0 atom stereocenters. The van der Waals surface area contributed by atoms with Crippen molar-refractivity contribution in [1.29, 1.82) is 5.26 Å². The molecule has 2 heterocycles. The van der Waals surface area contributed by atoms with Gasteiger partial charge < -0.3 is 9.32 Å². The predicted octanol–water partition coefficient (Wildman–Crippen LogP) is 4.07. The summed E-state index contributed by atoms with van der Waals surface area (Å²) in [6.45, 7) is 6.53. The summed E-state index contributed by atoms with van der Waals surface area (Å²) in [4.78, 5) is 14.5. The molecule has 0 unspecified atom stereocenters. The third kappa shape index (κ3) is 4.76. The number of anilines is 1. The topological polar surface area (TPSA) is 88.0 Å². The van der Waals surface area contributed by atoms with E-state index in [-0.39, 0.29) is 18.1 Å². The smallest absolute Gasteiger partial charge is 0.237 e. The number of carbonyl (C=O) groups is 1. The van der Waals surface area contributed by atoms with E-state index in [1.54, 1.807) is 17.2 Å². The van der Waals surface area contributed by atoms with Gasteiger partial charge in [0.1, 0.15) is 5.76 Å². The molecule has 0 bridgehead atoms. The summed E-state index contributed by atoms with van der Waals surface area (Å²) in [5, 5.41) is 18.1. The lowest BCUT2D eigenvalue weighted by Crippen LogP contribution is -2.33. The number of aromatic nitrogens is 3. The zero-order valence-electron chi connectivity index (χ0n) is 16.1. The number of aryl methyl sites for hydroxylation is 1. The maximum Gasteiger partial charge on any atom is 0.237 e. The van der Waals surface area contributed by atoms with Gasteiger partial charge in [0.05, 0.1) is 30.1 Å². The monoisotopic (exact) mass is 407 g/mol. The first kappa shape index (κ1) is 20.4. The van der Waals surface area contributed by atoms with Crippen LogP contribution in [0.15, 0.2) is 64.9 Å². The Morgan fingerprint density at radius 3 is 2.79 bits per heavy atom. The molecular weight excluding hydrogens is 386 g/mol. The van der Waals surface area contributed by atoms with Crippen molar-refractivity contribution in [3.8, 4) is 17.5 Å². The van der Waals surface area contributed by atoms with Crippen LogP contribution in [0.4, 0.5) is 5.69 Å². The summed E-state index contributed by atoms with van der Waals surface area (Å²) in [6.07, 6.45) is 3.64. The molecule has 1 aromatic carbocycles. The number of nitriles is 1. The van der Waals surface area contributed by atoms with Crippen molar-refractivity contribution in [2.24, 2.45) is 0 Å². The van der Waals surface area contributed by atoms with E-state index in [2.05, 4.69) is 22.8 Å². The molecule has 3 rings (SSSR count). The number of furan rings is 1. The zero-order valence-corrected chi connectivity index (χ0v) is 16.9. The van der Waals surface area contributed by atoms with Crippen LogP contribution < -0.4 is 4.90 Å². The van der Waals surface area contributed by atoms with Gasteiger partial charge >= 0.3 is 0 Å². The van der Waals surface area contributed by atoms with E-state index in [9.17, 15) is 4.79 Å². The highest BCUT2D eigenvalue weighted by molar-refractivity contribution is 7.99. The maximum absolute atomic E-state index is 12.9. The van der Waals surface area contributed by atoms with Crippen LogP contribution in [0.5, 0.6) is 0 Å². The molecule has 0 saturated carbocycles. The van der Waals surface area contributed by atoms with Crippen molar-refractivity contribution in [1.82, 2.24) is 14.8 Å². The minimum Gasteiger partial charge on any atom is -0.469 e. The van der Waals surface area contributed by atoms with Crippen LogP contribution in [-0.4, -0.2) is 33.0 Å². The number of nitrogens with zero attached hydrogens (tertiary/aromatic N) is 5. The van der Waals surface area contributed by atoms with Gasteiger partial charge in [0, 0.05) is 18.8 Å². The Bertz CT molecular complexity index is 1020. The molecule has 8 heteroatoms. The molecule has 0 fully saturated rings. The Morgan fingerprint density at radius 1 is 1.34 bits per heavy atom. The van der Waals surface area contributed by atoms with E-state index < -0.39 is 0 Å². The first-order valence-corrected chi connectivity index (χ1v) is 10.1. The van der Waals surface area contributed by atoms with Crippen molar-refractivity contribution in [2.45, 2.75) is 25.0 Å². The summed E-state index contributed by atoms with van der Waals surface area (Å²) in [5.41, 5.74) is 1.63. The standard InChI is InChI=1S/C21H21N5O2S/c1-3-12-26-20(18-10-14-28-16(18)2)23-24-21(26)29-15-19(27)25(13-7-11-22)17-8-5-4-6-9-17/h3-6,8-10,14H,1,7,12-13,15H2,2H3. The summed E-state index contributed by atoms with van der Waals surface area (Å²) >= 11 is 1.31. The fourth-order valence-corrected chi connectivity index (χ4v) is 3.70. The largest absolute Gasteiger partial charge is 0.469 e. The van der Waals surface area contributed by atoms with Gasteiger partial charge in [0.25, 0.3) is 0 Å². The lowest BCUT2D eigenvalue weighted by Gasteiger charge is -2.21. The van der Waals surface area contributed by atoms with Crippen molar-refractivity contribution < 1.29 is 9.21 Å². The van der Waals surface area contributed by atoms with Crippen LogP contribution in [0.3, 0.4) is 0 Å². The molecule has 0 N–H and O–H groups in total. The number of para-hydroxylation sites is 1. The SMILES string of the molecule is C=CCn1c(SCC(=O)N(CCC#N)c2ccccc2)nnc1-c1ccoc1C. The predicted molar refractivity (Wildman–Crippen MR) is 112 cm³/mol. The number of hydrogen-bond donors (Lipinski definition) is 0. The number of amides is 1. The fraction of sp³-hybridized carbons (Fsp3) is 0.238. The zero-order chi connectivity index (χ0) is 20.6. The molecule has 0 spiro atoms. The number of allylic oxidation sites excluding steroid dienone is 1. The number of carbonyl (C=O) groups excluding carboxylic acids is 1. The van der Waals surface area contributed by atoms with Crippen molar-refractivity contribution in [2.75, 3.05) is 17.2 Å². The van der Waals surface area contributed by atoms with Gasteiger partial charge in [-0.3, -0.25) is 9.36 Å². The lowest BCUT2D eigenvalue weighted by molar-refractivity contribution is -0.116.